The molecule has 0 aliphatic carbocycles. The van der Waals surface area contributed by atoms with Gasteiger partial charge in [0, 0.05) is 24.5 Å². The molecule has 1 aliphatic heterocycles. The summed E-state index contributed by atoms with van der Waals surface area (Å²) in [4.78, 5) is 20.0. The van der Waals surface area contributed by atoms with E-state index >= 15 is 0 Å². The number of hydrogen-bond acceptors (Lipinski definition) is 5. The van der Waals surface area contributed by atoms with Crippen LogP contribution in [-0.4, -0.2) is 65.1 Å². The van der Waals surface area contributed by atoms with Crippen molar-refractivity contribution < 1.29 is 9.90 Å². The predicted octanol–water partition coefficient (Wildman–Crippen LogP) is 0.670. The van der Waals surface area contributed by atoms with E-state index in [1.165, 1.54) is 11.3 Å². The van der Waals surface area contributed by atoms with Crippen molar-refractivity contribution in [2.45, 2.75) is 25.0 Å². The zero-order chi connectivity index (χ0) is 13.1. The molecule has 2 rings (SSSR count). The van der Waals surface area contributed by atoms with Crippen LogP contribution >= 0.6 is 11.3 Å². The molecule has 2 heterocycles. The SMILES string of the molecule is CN(C)[C@H]1CCN(C(=O)c2cscn2)CC[C@@H]1O. The number of amides is 1. The Kier molecular flexibility index (Phi) is 4.31. The Balaban J connectivity index is 2.03. The average molecular weight is 269 g/mol. The number of carbonyl (C=O) groups is 1. The fraction of sp³-hybridized carbons (Fsp3) is 0.667. The van der Waals surface area contributed by atoms with Crippen LogP contribution in [0.3, 0.4) is 0 Å². The van der Waals surface area contributed by atoms with Gasteiger partial charge in [-0.15, -0.1) is 11.3 Å². The summed E-state index contributed by atoms with van der Waals surface area (Å²) in [6.45, 7) is 1.28. The van der Waals surface area contributed by atoms with E-state index in [1.54, 1.807) is 15.8 Å². The molecule has 1 amide bonds. The van der Waals surface area contributed by atoms with Crippen molar-refractivity contribution in [3.8, 4) is 0 Å². The van der Waals surface area contributed by atoms with Gasteiger partial charge in [0.25, 0.3) is 5.91 Å². The van der Waals surface area contributed by atoms with Gasteiger partial charge in [-0.3, -0.25) is 4.79 Å². The minimum atomic E-state index is -0.367. The second-order valence-corrected chi connectivity index (χ2v) is 5.56. The minimum Gasteiger partial charge on any atom is -0.391 e. The predicted molar refractivity (Wildman–Crippen MR) is 70.7 cm³/mol. The Labute approximate surface area is 111 Å². The van der Waals surface area contributed by atoms with Crippen LogP contribution in [0, 0.1) is 0 Å². The maximum absolute atomic E-state index is 12.2. The molecule has 0 saturated carbocycles. The number of hydrogen-bond donors (Lipinski definition) is 1. The van der Waals surface area contributed by atoms with Crippen molar-refractivity contribution >= 4 is 17.2 Å². The molecule has 1 aliphatic rings. The molecule has 100 valence electrons. The van der Waals surface area contributed by atoms with E-state index in [1.807, 2.05) is 19.0 Å². The van der Waals surface area contributed by atoms with Crippen molar-refractivity contribution in [2.24, 2.45) is 0 Å². The van der Waals surface area contributed by atoms with E-state index in [0.717, 1.165) is 6.42 Å². The minimum absolute atomic E-state index is 0.0251. The maximum Gasteiger partial charge on any atom is 0.273 e. The van der Waals surface area contributed by atoms with E-state index in [4.69, 9.17) is 0 Å². The first-order chi connectivity index (χ1) is 8.59. The van der Waals surface area contributed by atoms with Crippen LogP contribution in [0.5, 0.6) is 0 Å². The number of aromatic nitrogens is 1. The quantitative estimate of drug-likeness (QED) is 0.857. The number of aliphatic hydroxyl groups is 1. The van der Waals surface area contributed by atoms with Gasteiger partial charge in [0.15, 0.2) is 0 Å². The molecule has 1 fully saturated rings. The smallest absolute Gasteiger partial charge is 0.273 e. The van der Waals surface area contributed by atoms with Crippen molar-refractivity contribution in [2.75, 3.05) is 27.2 Å². The Morgan fingerprint density at radius 2 is 2.22 bits per heavy atom. The lowest BCUT2D eigenvalue weighted by Crippen LogP contribution is -2.38. The number of likely N-dealkylation sites (tertiary alicyclic amines) is 1. The Bertz CT molecular complexity index is 394. The molecule has 6 heteroatoms. The summed E-state index contributed by atoms with van der Waals surface area (Å²) in [6.07, 6.45) is 1.05. The van der Waals surface area contributed by atoms with Gasteiger partial charge in [0.2, 0.25) is 0 Å². The Morgan fingerprint density at radius 1 is 1.50 bits per heavy atom. The number of aliphatic hydroxyl groups excluding tert-OH is 1. The molecule has 1 aromatic heterocycles. The first-order valence-electron chi connectivity index (χ1n) is 6.11. The zero-order valence-corrected chi connectivity index (χ0v) is 11.6. The number of rotatable bonds is 2. The lowest BCUT2D eigenvalue weighted by atomic mass is 10.1. The van der Waals surface area contributed by atoms with E-state index in [9.17, 15) is 9.90 Å². The summed E-state index contributed by atoms with van der Waals surface area (Å²) in [7, 11) is 3.93. The Morgan fingerprint density at radius 3 is 2.83 bits per heavy atom. The van der Waals surface area contributed by atoms with Crippen LogP contribution in [0.1, 0.15) is 23.3 Å². The van der Waals surface area contributed by atoms with Crippen molar-refractivity contribution in [1.29, 1.82) is 0 Å². The van der Waals surface area contributed by atoms with E-state index in [2.05, 4.69) is 4.98 Å². The largest absolute Gasteiger partial charge is 0.391 e. The van der Waals surface area contributed by atoms with Gasteiger partial charge < -0.3 is 14.9 Å². The molecule has 0 spiro atoms. The lowest BCUT2D eigenvalue weighted by molar-refractivity contribution is 0.0718. The maximum atomic E-state index is 12.2. The lowest BCUT2D eigenvalue weighted by Gasteiger charge is -2.26. The van der Waals surface area contributed by atoms with Gasteiger partial charge >= 0.3 is 0 Å². The zero-order valence-electron chi connectivity index (χ0n) is 10.7. The molecule has 0 unspecified atom stereocenters. The van der Waals surface area contributed by atoms with Crippen molar-refractivity contribution in [3.63, 3.8) is 0 Å². The summed E-state index contributed by atoms with van der Waals surface area (Å²) in [5, 5.41) is 11.8. The molecule has 1 saturated heterocycles. The molecule has 1 aromatic rings. The van der Waals surface area contributed by atoms with Crippen LogP contribution in [0.2, 0.25) is 0 Å². The standard InChI is InChI=1S/C12H19N3O2S/c1-14(2)10-3-5-15(6-4-11(10)16)12(17)9-7-18-8-13-9/h7-8,10-11,16H,3-6H2,1-2H3/t10-,11-/m0/s1. The normalized spacial score (nSPS) is 25.2. The highest BCUT2D eigenvalue weighted by molar-refractivity contribution is 7.07. The first-order valence-corrected chi connectivity index (χ1v) is 7.06. The molecule has 0 radical (unpaired) electrons. The number of likely N-dealkylation sites (N-methyl/N-ethyl adjacent to an activating group) is 1. The second-order valence-electron chi connectivity index (χ2n) is 4.84. The summed E-state index contributed by atoms with van der Waals surface area (Å²) in [6, 6.07) is 0.123. The van der Waals surface area contributed by atoms with Crippen LogP contribution in [-0.2, 0) is 0 Å². The number of nitrogens with zero attached hydrogens (tertiary/aromatic N) is 3. The molecule has 0 aromatic carbocycles. The topological polar surface area (TPSA) is 56.7 Å². The highest BCUT2D eigenvalue weighted by atomic mass is 32.1. The molecule has 0 bridgehead atoms. The molecular formula is C12H19N3O2S. The third kappa shape index (κ3) is 2.88. The van der Waals surface area contributed by atoms with Gasteiger partial charge in [-0.05, 0) is 26.9 Å². The molecule has 18 heavy (non-hydrogen) atoms. The highest BCUT2D eigenvalue weighted by Crippen LogP contribution is 2.17. The van der Waals surface area contributed by atoms with Gasteiger partial charge in [-0.25, -0.2) is 4.98 Å². The van der Waals surface area contributed by atoms with Gasteiger partial charge in [0.1, 0.15) is 5.69 Å². The summed E-state index contributed by atoms with van der Waals surface area (Å²) >= 11 is 1.43. The summed E-state index contributed by atoms with van der Waals surface area (Å²) < 4.78 is 0. The summed E-state index contributed by atoms with van der Waals surface area (Å²) in [5.74, 6) is -0.0251. The third-order valence-electron chi connectivity index (χ3n) is 3.44. The van der Waals surface area contributed by atoms with E-state index < -0.39 is 0 Å². The fourth-order valence-electron chi connectivity index (χ4n) is 2.36. The Hall–Kier alpha value is -0.980. The van der Waals surface area contributed by atoms with Crippen LogP contribution in [0.4, 0.5) is 0 Å². The fourth-order valence-corrected chi connectivity index (χ4v) is 2.88. The molecular weight excluding hydrogens is 250 g/mol. The van der Waals surface area contributed by atoms with Gasteiger partial charge in [-0.2, -0.15) is 0 Å². The number of carbonyl (C=O) groups excluding carboxylic acids is 1. The van der Waals surface area contributed by atoms with Crippen molar-refractivity contribution in [3.05, 3.63) is 16.6 Å². The van der Waals surface area contributed by atoms with Crippen molar-refractivity contribution in [1.82, 2.24) is 14.8 Å². The van der Waals surface area contributed by atoms with Crippen LogP contribution < -0.4 is 0 Å². The summed E-state index contributed by atoms with van der Waals surface area (Å²) in [5.41, 5.74) is 2.18. The van der Waals surface area contributed by atoms with Crippen LogP contribution in [0.15, 0.2) is 10.9 Å². The second kappa shape index (κ2) is 5.77. The molecule has 5 nitrogen and oxygen atoms in total. The first kappa shape index (κ1) is 13.5. The van der Waals surface area contributed by atoms with E-state index in [0.29, 0.717) is 25.2 Å². The van der Waals surface area contributed by atoms with Crippen LogP contribution in [0.25, 0.3) is 0 Å². The molecule has 1 N–H and O–H groups in total. The molecule has 2 atom stereocenters. The van der Waals surface area contributed by atoms with Gasteiger partial charge in [-0.1, -0.05) is 0 Å². The van der Waals surface area contributed by atoms with Gasteiger partial charge in [0.05, 0.1) is 11.6 Å². The highest BCUT2D eigenvalue weighted by Gasteiger charge is 2.28. The third-order valence-corrected chi connectivity index (χ3v) is 4.02. The average Bonchev–Trinajstić information content (AvgIpc) is 2.78. The van der Waals surface area contributed by atoms with E-state index in [-0.39, 0.29) is 18.1 Å². The number of thiazole rings is 1. The monoisotopic (exact) mass is 269 g/mol.